The molecule has 2 N–H and O–H groups in total. The van der Waals surface area contributed by atoms with Crippen LogP contribution in [0.2, 0.25) is 5.02 Å². The van der Waals surface area contributed by atoms with Gasteiger partial charge in [0.2, 0.25) is 0 Å². The minimum atomic E-state index is -0.978. The number of aromatic nitrogens is 1. The number of hydrogen-bond acceptors (Lipinski definition) is 2. The molecule has 0 spiro atoms. The van der Waals surface area contributed by atoms with E-state index in [1.807, 2.05) is 30.3 Å². The molecule has 23 heavy (non-hydrogen) atoms. The van der Waals surface area contributed by atoms with Gasteiger partial charge in [0.05, 0.1) is 0 Å². The van der Waals surface area contributed by atoms with Crippen molar-refractivity contribution in [2.45, 2.75) is 6.61 Å². The van der Waals surface area contributed by atoms with Gasteiger partial charge in [0, 0.05) is 33.8 Å². The second-order valence-corrected chi connectivity index (χ2v) is 5.43. The number of aliphatic carboxylic acids is 1. The molecule has 2 aromatic carbocycles. The molecule has 5 heteroatoms. The predicted octanol–water partition coefficient (Wildman–Crippen LogP) is 4.50. The summed E-state index contributed by atoms with van der Waals surface area (Å²) in [6.45, 7) is 0.380. The molecule has 116 valence electrons. The maximum Gasteiger partial charge on any atom is 0.328 e. The van der Waals surface area contributed by atoms with Crippen molar-refractivity contribution < 1.29 is 14.6 Å². The molecule has 1 heterocycles. The Morgan fingerprint density at radius 1 is 1.22 bits per heavy atom. The minimum absolute atomic E-state index is 0.380. The number of hydrogen-bond donors (Lipinski definition) is 2. The average molecular weight is 328 g/mol. The maximum atomic E-state index is 10.7. The van der Waals surface area contributed by atoms with Crippen LogP contribution >= 0.6 is 11.6 Å². The van der Waals surface area contributed by atoms with E-state index in [1.165, 1.54) is 0 Å². The molecular weight excluding hydrogens is 314 g/mol. The Kier molecular flexibility index (Phi) is 4.35. The van der Waals surface area contributed by atoms with Crippen LogP contribution in [-0.2, 0) is 11.4 Å². The van der Waals surface area contributed by atoms with Crippen LogP contribution in [0.3, 0.4) is 0 Å². The smallest absolute Gasteiger partial charge is 0.328 e. The van der Waals surface area contributed by atoms with E-state index >= 15 is 0 Å². The van der Waals surface area contributed by atoms with Crippen LogP contribution in [0, 0.1) is 0 Å². The molecule has 0 bridgehead atoms. The third-order valence-electron chi connectivity index (χ3n) is 3.44. The fourth-order valence-corrected chi connectivity index (χ4v) is 2.52. The summed E-state index contributed by atoms with van der Waals surface area (Å²) in [7, 11) is 0. The summed E-state index contributed by atoms with van der Waals surface area (Å²) in [5.41, 5.74) is 2.73. The molecule has 0 aliphatic rings. The topological polar surface area (TPSA) is 62.3 Å². The number of rotatable bonds is 5. The summed E-state index contributed by atoms with van der Waals surface area (Å²) < 4.78 is 5.79. The molecule has 4 nitrogen and oxygen atoms in total. The summed E-state index contributed by atoms with van der Waals surface area (Å²) in [4.78, 5) is 13.9. The van der Waals surface area contributed by atoms with E-state index in [-0.39, 0.29) is 0 Å². The third-order valence-corrected chi connectivity index (χ3v) is 3.69. The molecule has 3 rings (SSSR count). The highest BCUT2D eigenvalue weighted by molar-refractivity contribution is 6.30. The van der Waals surface area contributed by atoms with E-state index in [9.17, 15) is 4.79 Å². The molecule has 0 radical (unpaired) electrons. The maximum absolute atomic E-state index is 10.7. The molecule has 0 unspecified atom stereocenters. The second kappa shape index (κ2) is 6.58. The normalized spacial score (nSPS) is 11.2. The number of halogens is 1. The summed E-state index contributed by atoms with van der Waals surface area (Å²) in [6.07, 6.45) is 4.49. The van der Waals surface area contributed by atoms with Crippen LogP contribution in [-0.4, -0.2) is 16.1 Å². The van der Waals surface area contributed by atoms with Gasteiger partial charge in [-0.1, -0.05) is 23.7 Å². The lowest BCUT2D eigenvalue weighted by Crippen LogP contribution is -1.96. The summed E-state index contributed by atoms with van der Waals surface area (Å²) in [6, 6.07) is 13.0. The zero-order valence-corrected chi connectivity index (χ0v) is 12.9. The van der Waals surface area contributed by atoms with Crippen LogP contribution < -0.4 is 4.74 Å². The lowest BCUT2D eigenvalue weighted by molar-refractivity contribution is -0.131. The first kappa shape index (κ1) is 15.2. The lowest BCUT2D eigenvalue weighted by atomic mass is 10.1. The van der Waals surface area contributed by atoms with Gasteiger partial charge in [0.15, 0.2) is 0 Å². The lowest BCUT2D eigenvalue weighted by Gasteiger charge is -2.08. The van der Waals surface area contributed by atoms with Crippen molar-refractivity contribution in [3.63, 3.8) is 0 Å². The number of carboxylic acid groups (broad SMARTS) is 1. The largest absolute Gasteiger partial charge is 0.489 e. The molecule has 0 saturated heterocycles. The minimum Gasteiger partial charge on any atom is -0.489 e. The van der Waals surface area contributed by atoms with E-state index in [4.69, 9.17) is 21.4 Å². The molecule has 0 atom stereocenters. The Morgan fingerprint density at radius 3 is 2.74 bits per heavy atom. The molecule has 0 amide bonds. The van der Waals surface area contributed by atoms with Gasteiger partial charge < -0.3 is 14.8 Å². The Bertz CT molecular complexity index is 866. The van der Waals surface area contributed by atoms with Crippen molar-refractivity contribution in [2.24, 2.45) is 0 Å². The zero-order chi connectivity index (χ0) is 16.2. The number of nitrogens with one attached hydrogen (secondary N) is 1. The summed E-state index contributed by atoms with van der Waals surface area (Å²) >= 11 is 5.86. The van der Waals surface area contributed by atoms with E-state index in [1.54, 1.807) is 24.4 Å². The van der Waals surface area contributed by atoms with Gasteiger partial charge in [-0.25, -0.2) is 4.79 Å². The van der Waals surface area contributed by atoms with Crippen LogP contribution in [0.5, 0.6) is 5.75 Å². The average Bonchev–Trinajstić information content (AvgIpc) is 2.96. The van der Waals surface area contributed by atoms with Crippen molar-refractivity contribution in [3.05, 3.63) is 70.9 Å². The van der Waals surface area contributed by atoms with Gasteiger partial charge in [0.1, 0.15) is 12.4 Å². The van der Waals surface area contributed by atoms with Crippen LogP contribution in [0.4, 0.5) is 0 Å². The van der Waals surface area contributed by atoms with Crippen molar-refractivity contribution in [1.29, 1.82) is 0 Å². The number of carbonyl (C=O) groups is 1. The van der Waals surface area contributed by atoms with E-state index in [0.717, 1.165) is 33.9 Å². The van der Waals surface area contributed by atoms with Crippen molar-refractivity contribution >= 4 is 34.5 Å². The van der Waals surface area contributed by atoms with Crippen LogP contribution in [0.1, 0.15) is 11.1 Å². The number of H-pyrrole nitrogens is 1. The van der Waals surface area contributed by atoms with Gasteiger partial charge in [-0.2, -0.15) is 0 Å². The fraction of sp³-hybridized carbons (Fsp3) is 0.0556. The predicted molar refractivity (Wildman–Crippen MR) is 90.8 cm³/mol. The Hall–Kier alpha value is -2.72. The highest BCUT2D eigenvalue weighted by Gasteiger charge is 2.08. The van der Waals surface area contributed by atoms with Crippen molar-refractivity contribution in [2.75, 3.05) is 0 Å². The van der Waals surface area contributed by atoms with E-state index in [2.05, 4.69) is 4.98 Å². The molecule has 0 aliphatic heterocycles. The summed E-state index contributed by atoms with van der Waals surface area (Å²) in [5.74, 6) is -0.251. The molecule has 0 fully saturated rings. The highest BCUT2D eigenvalue weighted by Crippen LogP contribution is 2.25. The number of benzene rings is 2. The van der Waals surface area contributed by atoms with Crippen LogP contribution in [0.25, 0.3) is 17.0 Å². The van der Waals surface area contributed by atoms with Gasteiger partial charge >= 0.3 is 5.97 Å². The molecule has 3 aromatic rings. The Balaban J connectivity index is 1.89. The van der Waals surface area contributed by atoms with Gasteiger partial charge in [0.25, 0.3) is 0 Å². The molecule has 0 saturated carbocycles. The van der Waals surface area contributed by atoms with E-state index in [0.29, 0.717) is 11.6 Å². The first-order chi connectivity index (χ1) is 11.1. The monoisotopic (exact) mass is 327 g/mol. The number of aromatic amines is 1. The Labute approximate surface area is 138 Å². The number of carboxylic acids is 1. The quantitative estimate of drug-likeness (QED) is 0.678. The standard InChI is InChI=1S/C18H14ClNO3/c19-14-5-7-15(8-6-14)23-11-13-2-1-3-16-18(13)12(10-20-16)4-9-17(21)22/h1-10,20H,11H2,(H,21,22)/b9-4+. The van der Waals surface area contributed by atoms with Crippen molar-refractivity contribution in [1.82, 2.24) is 4.98 Å². The first-order valence-corrected chi connectivity index (χ1v) is 7.39. The number of ether oxygens (including phenoxy) is 1. The van der Waals surface area contributed by atoms with E-state index < -0.39 is 5.97 Å². The SMILES string of the molecule is O=C(O)/C=C/c1c[nH]c2cccc(COc3ccc(Cl)cc3)c12. The molecular formula is C18H14ClNO3. The van der Waals surface area contributed by atoms with Crippen molar-refractivity contribution in [3.8, 4) is 5.75 Å². The third kappa shape index (κ3) is 3.55. The molecule has 1 aromatic heterocycles. The zero-order valence-electron chi connectivity index (χ0n) is 12.1. The van der Waals surface area contributed by atoms with Gasteiger partial charge in [-0.3, -0.25) is 0 Å². The second-order valence-electron chi connectivity index (χ2n) is 5.00. The summed E-state index contributed by atoms with van der Waals surface area (Å²) in [5, 5.41) is 10.4. The van der Waals surface area contributed by atoms with Gasteiger partial charge in [-0.15, -0.1) is 0 Å². The van der Waals surface area contributed by atoms with Gasteiger partial charge in [-0.05, 0) is 42.0 Å². The molecule has 0 aliphatic carbocycles. The highest BCUT2D eigenvalue weighted by atomic mass is 35.5. The Morgan fingerprint density at radius 2 is 2.00 bits per heavy atom. The fourth-order valence-electron chi connectivity index (χ4n) is 2.39. The first-order valence-electron chi connectivity index (χ1n) is 7.02. The number of fused-ring (bicyclic) bond motifs is 1. The van der Waals surface area contributed by atoms with Crippen LogP contribution in [0.15, 0.2) is 54.7 Å².